The Balaban J connectivity index is 3.41. The second-order valence-electron chi connectivity index (χ2n) is 2.57. The average molecular weight is 218 g/mol. The molecule has 0 aliphatic heterocycles. The van der Waals surface area contributed by atoms with Crippen molar-refractivity contribution in [3.63, 3.8) is 0 Å². The fraction of sp³-hybridized carbons (Fsp3) is 0.571. The van der Waals surface area contributed by atoms with Crippen LogP contribution in [-0.4, -0.2) is 35.2 Å². The Morgan fingerprint density at radius 2 is 2.07 bits per heavy atom. The first kappa shape index (κ1) is 12.6. The average Bonchev–Trinajstić information content (AvgIpc) is 2.01. The zero-order valence-corrected chi connectivity index (χ0v) is 8.73. The van der Waals surface area contributed by atoms with E-state index in [1.165, 1.54) is 0 Å². The molecule has 0 spiro atoms. The molecule has 0 heterocycles. The molecule has 0 fully saturated rings. The van der Waals surface area contributed by atoms with Gasteiger partial charge < -0.3 is 21.5 Å². The van der Waals surface area contributed by atoms with Crippen molar-refractivity contribution < 1.29 is 9.90 Å². The maximum absolute atomic E-state index is 10.0. The van der Waals surface area contributed by atoms with Gasteiger partial charge in [0.05, 0.1) is 5.84 Å². The van der Waals surface area contributed by atoms with Crippen molar-refractivity contribution in [3.8, 4) is 0 Å². The highest BCUT2D eigenvalue weighted by Gasteiger charge is 1.94. The van der Waals surface area contributed by atoms with Gasteiger partial charge in [-0.3, -0.25) is 0 Å². The maximum atomic E-state index is 10.0. The third kappa shape index (κ3) is 8.72. The number of nitrogens with one attached hydrogen (secondary N) is 2. The van der Waals surface area contributed by atoms with Gasteiger partial charge in [0.2, 0.25) is 0 Å². The summed E-state index contributed by atoms with van der Waals surface area (Å²) in [6.45, 7) is 2.59. The Labute approximate surface area is 87.6 Å². The highest BCUT2D eigenvalue weighted by molar-refractivity contribution is 7.80. The largest absolute Gasteiger partial charge is 0.465 e. The van der Waals surface area contributed by atoms with E-state index in [2.05, 4.69) is 15.6 Å². The van der Waals surface area contributed by atoms with Gasteiger partial charge in [0.1, 0.15) is 0 Å². The van der Waals surface area contributed by atoms with Crippen LogP contribution in [0.5, 0.6) is 0 Å². The molecule has 0 atom stereocenters. The normalized spacial score (nSPS) is 10.8. The van der Waals surface area contributed by atoms with Crippen molar-refractivity contribution in [2.75, 3.05) is 13.1 Å². The highest BCUT2D eigenvalue weighted by Crippen LogP contribution is 1.79. The van der Waals surface area contributed by atoms with E-state index >= 15 is 0 Å². The van der Waals surface area contributed by atoms with Crippen LogP contribution in [0.2, 0.25) is 0 Å². The molecular weight excluding hydrogens is 204 g/mol. The van der Waals surface area contributed by atoms with Gasteiger partial charge in [-0.15, -0.1) is 0 Å². The summed E-state index contributed by atoms with van der Waals surface area (Å²) in [4.78, 5) is 13.8. The Hall–Kier alpha value is -1.37. The first-order valence-corrected chi connectivity index (χ1v) is 4.48. The molecule has 0 aliphatic rings. The second kappa shape index (κ2) is 7.07. The summed E-state index contributed by atoms with van der Waals surface area (Å²) in [5, 5.41) is 13.6. The summed E-state index contributed by atoms with van der Waals surface area (Å²) < 4.78 is 0. The predicted octanol–water partition coefficient (Wildman–Crippen LogP) is -0.104. The minimum Gasteiger partial charge on any atom is -0.465 e. The Morgan fingerprint density at radius 3 is 2.57 bits per heavy atom. The van der Waals surface area contributed by atoms with Crippen LogP contribution in [0.1, 0.15) is 13.3 Å². The molecule has 14 heavy (non-hydrogen) atoms. The van der Waals surface area contributed by atoms with Crippen molar-refractivity contribution in [3.05, 3.63) is 0 Å². The zero-order chi connectivity index (χ0) is 11.0. The first-order chi connectivity index (χ1) is 6.52. The van der Waals surface area contributed by atoms with Crippen LogP contribution < -0.4 is 16.4 Å². The number of nitrogens with zero attached hydrogens (tertiary/aromatic N) is 1. The van der Waals surface area contributed by atoms with Crippen LogP contribution in [-0.2, 0) is 0 Å². The molecule has 0 saturated heterocycles. The molecule has 80 valence electrons. The number of amides is 1. The smallest absolute Gasteiger partial charge is 0.404 e. The van der Waals surface area contributed by atoms with Crippen LogP contribution >= 0.6 is 12.2 Å². The Morgan fingerprint density at radius 1 is 1.50 bits per heavy atom. The van der Waals surface area contributed by atoms with E-state index in [-0.39, 0.29) is 0 Å². The van der Waals surface area contributed by atoms with Crippen LogP contribution in [0.25, 0.3) is 0 Å². The lowest BCUT2D eigenvalue weighted by atomic mass is 10.4. The van der Waals surface area contributed by atoms with E-state index in [0.29, 0.717) is 30.5 Å². The minimum atomic E-state index is -1.02. The van der Waals surface area contributed by atoms with E-state index in [4.69, 9.17) is 23.1 Å². The lowest BCUT2D eigenvalue weighted by Gasteiger charge is -2.03. The van der Waals surface area contributed by atoms with Gasteiger partial charge in [0, 0.05) is 13.1 Å². The number of hydrogen-bond acceptors (Lipinski definition) is 2. The molecule has 0 rings (SSSR count). The SMILES string of the molecule is CC(N)=NC(=S)NCCCNC(=O)O. The van der Waals surface area contributed by atoms with Gasteiger partial charge in [-0.1, -0.05) is 0 Å². The lowest BCUT2D eigenvalue weighted by molar-refractivity contribution is 0.194. The molecule has 6 nitrogen and oxygen atoms in total. The molecule has 0 aromatic rings. The van der Waals surface area contributed by atoms with Crippen molar-refractivity contribution >= 4 is 29.3 Å². The maximum Gasteiger partial charge on any atom is 0.404 e. The number of hydrogen-bond donors (Lipinski definition) is 4. The Bertz CT molecular complexity index is 238. The quantitative estimate of drug-likeness (QED) is 0.228. The van der Waals surface area contributed by atoms with Crippen LogP contribution in [0.3, 0.4) is 0 Å². The lowest BCUT2D eigenvalue weighted by Crippen LogP contribution is -2.28. The van der Waals surface area contributed by atoms with Gasteiger partial charge in [-0.2, -0.15) is 0 Å². The summed E-state index contributed by atoms with van der Waals surface area (Å²) in [6.07, 6.45) is -0.380. The van der Waals surface area contributed by atoms with E-state index in [1.54, 1.807) is 6.92 Å². The van der Waals surface area contributed by atoms with Gasteiger partial charge in [0.15, 0.2) is 5.11 Å². The van der Waals surface area contributed by atoms with Crippen LogP contribution in [0.15, 0.2) is 4.99 Å². The standard InChI is InChI=1S/C7H14N4O2S/c1-5(8)11-6(14)9-3-2-4-10-7(12)13/h10H,2-4H2,1H3,(H,12,13)(H3,8,9,11,14). The third-order valence-electron chi connectivity index (χ3n) is 1.18. The molecule has 5 N–H and O–H groups in total. The van der Waals surface area contributed by atoms with Gasteiger partial charge >= 0.3 is 6.09 Å². The number of carboxylic acid groups (broad SMARTS) is 1. The number of carbonyl (C=O) groups is 1. The number of rotatable bonds is 4. The fourth-order valence-corrected chi connectivity index (χ4v) is 0.925. The van der Waals surface area contributed by atoms with Crippen molar-refractivity contribution in [2.45, 2.75) is 13.3 Å². The zero-order valence-electron chi connectivity index (χ0n) is 7.91. The molecule has 1 amide bonds. The number of aliphatic imine (C=N–C) groups is 1. The molecule has 7 heteroatoms. The van der Waals surface area contributed by atoms with Crippen molar-refractivity contribution in [1.29, 1.82) is 0 Å². The van der Waals surface area contributed by atoms with Crippen LogP contribution in [0.4, 0.5) is 4.79 Å². The van der Waals surface area contributed by atoms with E-state index < -0.39 is 6.09 Å². The third-order valence-corrected chi connectivity index (χ3v) is 1.42. The summed E-state index contributed by atoms with van der Waals surface area (Å²) in [5.41, 5.74) is 5.30. The highest BCUT2D eigenvalue weighted by atomic mass is 32.1. The second-order valence-corrected chi connectivity index (χ2v) is 2.96. The van der Waals surface area contributed by atoms with Gasteiger partial charge in [-0.05, 0) is 25.6 Å². The summed E-state index contributed by atoms with van der Waals surface area (Å²) in [5.74, 6) is 0.395. The van der Waals surface area contributed by atoms with Gasteiger partial charge in [-0.25, -0.2) is 9.79 Å². The molecule has 0 aromatic heterocycles. The van der Waals surface area contributed by atoms with Crippen molar-refractivity contribution in [1.82, 2.24) is 10.6 Å². The summed E-state index contributed by atoms with van der Waals surface area (Å²) >= 11 is 4.82. The Kier molecular flexibility index (Phi) is 6.38. The molecule has 0 unspecified atom stereocenters. The van der Waals surface area contributed by atoms with Gasteiger partial charge in [0.25, 0.3) is 0 Å². The molecule has 0 bridgehead atoms. The minimum absolute atomic E-state index is 0.320. The number of nitrogens with two attached hydrogens (primary N) is 1. The fourth-order valence-electron chi connectivity index (χ4n) is 0.679. The van der Waals surface area contributed by atoms with E-state index in [1.807, 2.05) is 0 Å². The molecular formula is C7H14N4O2S. The molecule has 0 saturated carbocycles. The molecule has 0 radical (unpaired) electrons. The van der Waals surface area contributed by atoms with Crippen molar-refractivity contribution in [2.24, 2.45) is 10.7 Å². The first-order valence-electron chi connectivity index (χ1n) is 4.07. The monoisotopic (exact) mass is 218 g/mol. The summed E-state index contributed by atoms with van der Waals surface area (Å²) in [7, 11) is 0. The van der Waals surface area contributed by atoms with E-state index in [9.17, 15) is 4.79 Å². The van der Waals surface area contributed by atoms with E-state index in [0.717, 1.165) is 0 Å². The molecule has 0 aliphatic carbocycles. The number of amidine groups is 1. The number of thiocarbonyl (C=S) groups is 1. The summed E-state index contributed by atoms with van der Waals surface area (Å²) in [6, 6.07) is 0. The van der Waals surface area contributed by atoms with Crippen LogP contribution in [0, 0.1) is 0 Å². The topological polar surface area (TPSA) is 99.7 Å². The predicted molar refractivity (Wildman–Crippen MR) is 58.5 cm³/mol. The molecule has 0 aromatic carbocycles.